The number of rotatable bonds is 4. The monoisotopic (exact) mass is 242 g/mol. The Balaban J connectivity index is 2.72. The zero-order chi connectivity index (χ0) is 12.8. The van der Waals surface area contributed by atoms with E-state index in [0.717, 1.165) is 4.68 Å². The Kier molecular flexibility index (Phi) is 4.08. The normalized spacial score (nSPS) is 9.71. The van der Waals surface area contributed by atoms with Gasteiger partial charge in [-0.15, -0.1) is 5.10 Å². The minimum Gasteiger partial charge on any atom is -0.460 e. The molecule has 10 heteroatoms. The van der Waals surface area contributed by atoms with E-state index in [9.17, 15) is 14.4 Å². The molecule has 0 bridgehead atoms. The molecule has 0 aliphatic carbocycles. The lowest BCUT2D eigenvalue weighted by Gasteiger charge is -2.03. The van der Waals surface area contributed by atoms with Gasteiger partial charge >= 0.3 is 12.0 Å². The van der Waals surface area contributed by atoms with Gasteiger partial charge in [0.05, 0.1) is 6.61 Å². The average molecular weight is 242 g/mol. The maximum Gasteiger partial charge on any atom is 0.378 e. The summed E-state index contributed by atoms with van der Waals surface area (Å²) in [4.78, 5) is 32.9. The molecule has 0 saturated heterocycles. The van der Waals surface area contributed by atoms with E-state index < -0.39 is 24.5 Å². The second-order valence-corrected chi connectivity index (χ2v) is 2.79. The lowest BCUT2D eigenvalue weighted by molar-refractivity contribution is -0.120. The SMILES string of the molecule is CCOC(=O)c1nnnn1CC(=O)NC(N)=O. The highest BCUT2D eigenvalue weighted by molar-refractivity contribution is 5.93. The quantitative estimate of drug-likeness (QED) is 0.584. The third-order valence-corrected chi connectivity index (χ3v) is 1.55. The molecule has 1 heterocycles. The fourth-order valence-electron chi connectivity index (χ4n) is 0.966. The Morgan fingerprint density at radius 2 is 2.18 bits per heavy atom. The molecule has 3 N–H and O–H groups in total. The minimum absolute atomic E-state index is 0.152. The standard InChI is InChI=1S/C7H10N6O4/c1-2-17-6(15)5-10-11-12-13(5)3-4(14)9-7(8)16/h2-3H2,1H3,(H3,8,9,14,16). The molecule has 92 valence electrons. The Hall–Kier alpha value is -2.52. The predicted molar refractivity (Wildman–Crippen MR) is 51.5 cm³/mol. The molecule has 0 saturated carbocycles. The molecule has 1 aromatic rings. The zero-order valence-corrected chi connectivity index (χ0v) is 8.91. The predicted octanol–water partition coefficient (Wildman–Crippen LogP) is -1.96. The number of nitrogens with two attached hydrogens (primary N) is 1. The van der Waals surface area contributed by atoms with Crippen LogP contribution in [0.2, 0.25) is 0 Å². The van der Waals surface area contributed by atoms with Crippen LogP contribution in [0, 0.1) is 0 Å². The number of primary amides is 1. The summed E-state index contributed by atoms with van der Waals surface area (Å²) in [6.45, 7) is 1.36. The maximum absolute atomic E-state index is 11.3. The third kappa shape index (κ3) is 3.52. The number of carbonyl (C=O) groups excluding carboxylic acids is 3. The Labute approximate surface area is 95.1 Å². The van der Waals surface area contributed by atoms with Crippen molar-refractivity contribution < 1.29 is 19.1 Å². The molecule has 0 radical (unpaired) electrons. The summed E-state index contributed by atoms with van der Waals surface area (Å²) < 4.78 is 5.56. The Morgan fingerprint density at radius 1 is 1.47 bits per heavy atom. The molecule has 17 heavy (non-hydrogen) atoms. The molecule has 0 unspecified atom stereocenters. The van der Waals surface area contributed by atoms with Gasteiger partial charge in [-0.3, -0.25) is 10.1 Å². The van der Waals surface area contributed by atoms with Crippen molar-refractivity contribution in [1.82, 2.24) is 25.5 Å². The molecule has 10 nitrogen and oxygen atoms in total. The van der Waals surface area contributed by atoms with Gasteiger partial charge in [-0.05, 0) is 17.4 Å². The van der Waals surface area contributed by atoms with E-state index in [0.29, 0.717) is 0 Å². The van der Waals surface area contributed by atoms with Crippen LogP contribution < -0.4 is 11.1 Å². The number of aromatic nitrogens is 4. The number of carbonyl (C=O) groups is 3. The summed E-state index contributed by atoms with van der Waals surface area (Å²) >= 11 is 0. The van der Waals surface area contributed by atoms with Gasteiger partial charge in [0.1, 0.15) is 6.54 Å². The summed E-state index contributed by atoms with van der Waals surface area (Å²) in [7, 11) is 0. The van der Waals surface area contributed by atoms with Crippen molar-refractivity contribution in [2.45, 2.75) is 13.5 Å². The first-order valence-corrected chi connectivity index (χ1v) is 4.57. The highest BCUT2D eigenvalue weighted by atomic mass is 16.5. The highest BCUT2D eigenvalue weighted by Crippen LogP contribution is 1.95. The van der Waals surface area contributed by atoms with Crippen LogP contribution in [0.3, 0.4) is 0 Å². The van der Waals surface area contributed by atoms with Crippen molar-refractivity contribution in [3.05, 3.63) is 5.82 Å². The smallest absolute Gasteiger partial charge is 0.378 e. The van der Waals surface area contributed by atoms with Crippen LogP contribution in [0.1, 0.15) is 17.5 Å². The van der Waals surface area contributed by atoms with Gasteiger partial charge in [-0.25, -0.2) is 14.3 Å². The van der Waals surface area contributed by atoms with E-state index in [1.807, 2.05) is 5.32 Å². The van der Waals surface area contributed by atoms with Crippen molar-refractivity contribution in [1.29, 1.82) is 0 Å². The summed E-state index contributed by atoms with van der Waals surface area (Å²) in [6, 6.07) is -0.999. The van der Waals surface area contributed by atoms with Gasteiger partial charge in [-0.2, -0.15) is 0 Å². The van der Waals surface area contributed by atoms with E-state index >= 15 is 0 Å². The number of hydrogen-bond acceptors (Lipinski definition) is 7. The number of amides is 3. The molecular formula is C7H10N6O4. The van der Waals surface area contributed by atoms with E-state index in [1.54, 1.807) is 6.92 Å². The zero-order valence-electron chi connectivity index (χ0n) is 8.91. The number of hydrogen-bond donors (Lipinski definition) is 2. The number of imide groups is 1. The van der Waals surface area contributed by atoms with Crippen molar-refractivity contribution in [2.24, 2.45) is 5.73 Å². The van der Waals surface area contributed by atoms with Crippen LogP contribution in [0.4, 0.5) is 4.79 Å². The summed E-state index contributed by atoms with van der Waals surface area (Å²) in [5.74, 6) is -1.73. The van der Waals surface area contributed by atoms with Crippen LogP contribution in [-0.4, -0.2) is 44.7 Å². The second-order valence-electron chi connectivity index (χ2n) is 2.79. The van der Waals surface area contributed by atoms with Crippen LogP contribution >= 0.6 is 0 Å². The number of urea groups is 1. The van der Waals surface area contributed by atoms with Gasteiger partial charge in [0.2, 0.25) is 5.91 Å². The molecule has 1 rings (SSSR count). The molecule has 1 aromatic heterocycles. The Bertz CT molecular complexity index is 441. The number of nitrogens with zero attached hydrogens (tertiary/aromatic N) is 4. The topological polar surface area (TPSA) is 142 Å². The van der Waals surface area contributed by atoms with Gasteiger partial charge < -0.3 is 10.5 Å². The average Bonchev–Trinajstić information content (AvgIpc) is 2.64. The van der Waals surface area contributed by atoms with Gasteiger partial charge in [0, 0.05) is 0 Å². The number of nitrogens with one attached hydrogen (secondary N) is 1. The number of ether oxygens (including phenoxy) is 1. The van der Waals surface area contributed by atoms with Crippen molar-refractivity contribution in [3.63, 3.8) is 0 Å². The number of tetrazole rings is 1. The van der Waals surface area contributed by atoms with E-state index in [4.69, 9.17) is 5.73 Å². The molecular weight excluding hydrogens is 232 g/mol. The molecule has 0 fully saturated rings. The molecule has 0 atom stereocenters. The minimum atomic E-state index is -0.999. The lowest BCUT2D eigenvalue weighted by Crippen LogP contribution is -2.37. The van der Waals surface area contributed by atoms with Gasteiger partial charge in [0.15, 0.2) is 0 Å². The van der Waals surface area contributed by atoms with E-state index in [2.05, 4.69) is 20.3 Å². The largest absolute Gasteiger partial charge is 0.460 e. The van der Waals surface area contributed by atoms with Crippen LogP contribution in [-0.2, 0) is 16.1 Å². The first kappa shape index (κ1) is 12.5. The number of esters is 1. The molecule has 0 aliphatic rings. The molecule has 0 aliphatic heterocycles. The van der Waals surface area contributed by atoms with Crippen molar-refractivity contribution in [3.8, 4) is 0 Å². The third-order valence-electron chi connectivity index (χ3n) is 1.55. The molecule has 3 amide bonds. The molecule has 0 spiro atoms. The fourth-order valence-corrected chi connectivity index (χ4v) is 0.966. The van der Waals surface area contributed by atoms with Crippen molar-refractivity contribution in [2.75, 3.05) is 6.61 Å². The van der Waals surface area contributed by atoms with Crippen LogP contribution in [0.15, 0.2) is 0 Å². The molecule has 0 aromatic carbocycles. The summed E-state index contributed by atoms with van der Waals surface area (Å²) in [5, 5.41) is 11.8. The highest BCUT2D eigenvalue weighted by Gasteiger charge is 2.18. The maximum atomic E-state index is 11.3. The van der Waals surface area contributed by atoms with Gasteiger partial charge in [-0.1, -0.05) is 0 Å². The summed E-state index contributed by atoms with van der Waals surface area (Å²) in [6.07, 6.45) is 0. The fraction of sp³-hybridized carbons (Fsp3) is 0.429. The van der Waals surface area contributed by atoms with Gasteiger partial charge in [0.25, 0.3) is 5.82 Å². The van der Waals surface area contributed by atoms with Crippen LogP contribution in [0.5, 0.6) is 0 Å². The lowest BCUT2D eigenvalue weighted by atomic mass is 10.5. The first-order chi connectivity index (χ1) is 8.04. The first-order valence-electron chi connectivity index (χ1n) is 4.57. The van der Waals surface area contributed by atoms with E-state index in [-0.39, 0.29) is 12.4 Å². The van der Waals surface area contributed by atoms with Crippen LogP contribution in [0.25, 0.3) is 0 Å². The van der Waals surface area contributed by atoms with E-state index in [1.165, 1.54) is 0 Å². The van der Waals surface area contributed by atoms with Crippen molar-refractivity contribution >= 4 is 17.9 Å². The second kappa shape index (κ2) is 5.53. The summed E-state index contributed by atoms with van der Waals surface area (Å²) in [5.41, 5.74) is 4.74. The Morgan fingerprint density at radius 3 is 2.76 bits per heavy atom.